The summed E-state index contributed by atoms with van der Waals surface area (Å²) in [6.07, 6.45) is 1.92. The van der Waals surface area contributed by atoms with Gasteiger partial charge in [0.05, 0.1) is 11.9 Å². The number of rotatable bonds is 4. The van der Waals surface area contributed by atoms with Crippen molar-refractivity contribution in [3.63, 3.8) is 0 Å². The molecule has 1 N–H and O–H groups in total. The summed E-state index contributed by atoms with van der Waals surface area (Å²) < 4.78 is 25.6. The van der Waals surface area contributed by atoms with E-state index >= 15 is 0 Å². The molecule has 0 aromatic rings. The zero-order chi connectivity index (χ0) is 12.3. The molecule has 0 aromatic heterocycles. The van der Waals surface area contributed by atoms with Crippen LogP contribution in [-0.2, 0) is 10.0 Å². The highest BCUT2D eigenvalue weighted by Crippen LogP contribution is 2.19. The fourth-order valence-electron chi connectivity index (χ4n) is 1.92. The summed E-state index contributed by atoms with van der Waals surface area (Å²) in [6.45, 7) is 2.36. The van der Waals surface area contributed by atoms with E-state index in [4.69, 9.17) is 5.11 Å². The van der Waals surface area contributed by atoms with Crippen molar-refractivity contribution < 1.29 is 13.5 Å². The van der Waals surface area contributed by atoms with Gasteiger partial charge in [0.1, 0.15) is 0 Å². The third-order valence-corrected chi connectivity index (χ3v) is 5.43. The molecule has 16 heavy (non-hydrogen) atoms. The van der Waals surface area contributed by atoms with Crippen LogP contribution < -0.4 is 0 Å². The number of aliphatic hydroxyl groups excluding tert-OH is 1. The lowest BCUT2D eigenvalue weighted by molar-refractivity contribution is 0.187. The Balaban J connectivity index is 2.74. The van der Waals surface area contributed by atoms with Gasteiger partial charge in [0, 0.05) is 19.1 Å². The summed E-state index contributed by atoms with van der Waals surface area (Å²) in [6, 6.07) is 0.286. The molecule has 1 aliphatic heterocycles. The first kappa shape index (κ1) is 13.9. The Bertz CT molecular complexity index is 316. The Morgan fingerprint density at radius 3 is 2.62 bits per heavy atom. The quantitative estimate of drug-likeness (QED) is 0.746. The second kappa shape index (κ2) is 5.44. The highest BCUT2D eigenvalue weighted by atomic mass is 32.2. The number of piperidine rings is 1. The van der Waals surface area contributed by atoms with Gasteiger partial charge in [0.2, 0.25) is 10.0 Å². The van der Waals surface area contributed by atoms with Crippen molar-refractivity contribution >= 4 is 10.0 Å². The molecule has 0 saturated carbocycles. The van der Waals surface area contributed by atoms with Crippen molar-refractivity contribution in [2.75, 3.05) is 33.8 Å². The van der Waals surface area contributed by atoms with Crippen molar-refractivity contribution in [3.8, 4) is 0 Å². The molecular formula is C10H22N2O3S. The van der Waals surface area contributed by atoms with Crippen LogP contribution in [0.3, 0.4) is 0 Å². The second-order valence-electron chi connectivity index (χ2n) is 4.66. The Morgan fingerprint density at radius 2 is 2.12 bits per heavy atom. The lowest BCUT2D eigenvalue weighted by Crippen LogP contribution is -2.50. The number of likely N-dealkylation sites (N-methyl/N-ethyl adjacent to an activating group) is 1. The normalized spacial score (nSPS) is 25.9. The molecular weight excluding hydrogens is 228 g/mol. The van der Waals surface area contributed by atoms with Gasteiger partial charge in [0.25, 0.3) is 0 Å². The first-order valence-corrected chi connectivity index (χ1v) is 7.16. The molecule has 1 aliphatic rings. The van der Waals surface area contributed by atoms with Crippen LogP contribution in [-0.4, -0.2) is 67.8 Å². The molecule has 0 spiro atoms. The third kappa shape index (κ3) is 2.94. The molecule has 1 saturated heterocycles. The van der Waals surface area contributed by atoms with Crippen LogP contribution in [0.4, 0.5) is 0 Å². The molecule has 0 aliphatic carbocycles. The lowest BCUT2D eigenvalue weighted by atomic mass is 10.1. The van der Waals surface area contributed by atoms with E-state index < -0.39 is 15.3 Å². The number of hydrogen-bond acceptors (Lipinski definition) is 4. The van der Waals surface area contributed by atoms with E-state index in [0.717, 1.165) is 12.8 Å². The molecule has 0 amide bonds. The summed E-state index contributed by atoms with van der Waals surface area (Å²) in [5.74, 6) is 0. The van der Waals surface area contributed by atoms with Gasteiger partial charge in [-0.2, -0.15) is 0 Å². The Labute approximate surface area is 98.1 Å². The Morgan fingerprint density at radius 1 is 1.50 bits per heavy atom. The molecule has 1 fully saturated rings. The minimum absolute atomic E-state index is 0.286. The first-order chi connectivity index (χ1) is 7.39. The van der Waals surface area contributed by atoms with Crippen molar-refractivity contribution in [1.82, 2.24) is 9.21 Å². The van der Waals surface area contributed by atoms with Gasteiger partial charge in [0.15, 0.2) is 0 Å². The molecule has 96 valence electrons. The van der Waals surface area contributed by atoms with Crippen LogP contribution in [0.1, 0.15) is 19.8 Å². The Hall–Kier alpha value is -0.170. The topological polar surface area (TPSA) is 60.9 Å². The minimum Gasteiger partial charge on any atom is -0.395 e. The molecule has 2 atom stereocenters. The summed E-state index contributed by atoms with van der Waals surface area (Å²) in [7, 11) is 0.615. The fraction of sp³-hybridized carbons (Fsp3) is 1.00. The van der Waals surface area contributed by atoms with Crippen molar-refractivity contribution in [2.24, 2.45) is 0 Å². The SMILES string of the molecule is CC(CO)S(=O)(=O)N1CCCC(N(C)C)C1. The second-order valence-corrected chi connectivity index (χ2v) is 7.01. The van der Waals surface area contributed by atoms with Gasteiger partial charge >= 0.3 is 0 Å². The molecule has 2 unspecified atom stereocenters. The number of nitrogens with zero attached hydrogens (tertiary/aromatic N) is 2. The predicted octanol–water partition coefficient (Wildman–Crippen LogP) is -0.277. The van der Waals surface area contributed by atoms with Gasteiger partial charge in [-0.3, -0.25) is 0 Å². The highest BCUT2D eigenvalue weighted by molar-refractivity contribution is 7.89. The molecule has 0 radical (unpaired) electrons. The van der Waals surface area contributed by atoms with E-state index in [-0.39, 0.29) is 12.6 Å². The van der Waals surface area contributed by atoms with E-state index in [1.54, 1.807) is 6.92 Å². The van der Waals surface area contributed by atoms with Gasteiger partial charge in [-0.1, -0.05) is 0 Å². The van der Waals surface area contributed by atoms with Crippen LogP contribution in [0.5, 0.6) is 0 Å². The van der Waals surface area contributed by atoms with Gasteiger partial charge in [-0.25, -0.2) is 12.7 Å². The zero-order valence-corrected chi connectivity index (χ0v) is 11.1. The molecule has 5 nitrogen and oxygen atoms in total. The average molecular weight is 250 g/mol. The monoisotopic (exact) mass is 250 g/mol. The van der Waals surface area contributed by atoms with Crippen LogP contribution in [0, 0.1) is 0 Å². The standard InChI is InChI=1S/C10H22N2O3S/c1-9(8-13)16(14,15)12-6-4-5-10(7-12)11(2)3/h9-10,13H,4-8H2,1-3H3. The van der Waals surface area contributed by atoms with E-state index in [1.807, 2.05) is 14.1 Å². The van der Waals surface area contributed by atoms with E-state index in [2.05, 4.69) is 4.90 Å². The maximum Gasteiger partial charge on any atom is 0.219 e. The van der Waals surface area contributed by atoms with Crippen molar-refractivity contribution in [1.29, 1.82) is 0 Å². The zero-order valence-electron chi connectivity index (χ0n) is 10.3. The molecule has 0 bridgehead atoms. The number of hydrogen-bond donors (Lipinski definition) is 1. The smallest absolute Gasteiger partial charge is 0.219 e. The van der Waals surface area contributed by atoms with Gasteiger partial charge < -0.3 is 10.0 Å². The van der Waals surface area contributed by atoms with Gasteiger partial charge in [-0.15, -0.1) is 0 Å². The minimum atomic E-state index is -3.32. The van der Waals surface area contributed by atoms with E-state index in [9.17, 15) is 8.42 Å². The summed E-state index contributed by atoms with van der Waals surface area (Å²) in [5.41, 5.74) is 0. The van der Waals surface area contributed by atoms with Crippen molar-refractivity contribution in [3.05, 3.63) is 0 Å². The fourth-order valence-corrected chi connectivity index (χ4v) is 3.38. The number of sulfonamides is 1. The lowest BCUT2D eigenvalue weighted by Gasteiger charge is -2.36. The molecule has 1 heterocycles. The average Bonchev–Trinajstić information content (AvgIpc) is 2.28. The third-order valence-electron chi connectivity index (χ3n) is 3.22. The van der Waals surface area contributed by atoms with Crippen molar-refractivity contribution in [2.45, 2.75) is 31.1 Å². The molecule has 1 rings (SSSR count). The van der Waals surface area contributed by atoms with E-state index in [1.165, 1.54) is 4.31 Å². The maximum atomic E-state index is 12.0. The van der Waals surface area contributed by atoms with Crippen LogP contribution >= 0.6 is 0 Å². The van der Waals surface area contributed by atoms with Crippen LogP contribution in [0.2, 0.25) is 0 Å². The van der Waals surface area contributed by atoms with E-state index in [0.29, 0.717) is 13.1 Å². The number of aliphatic hydroxyl groups is 1. The largest absolute Gasteiger partial charge is 0.395 e. The predicted molar refractivity (Wildman–Crippen MR) is 63.7 cm³/mol. The highest BCUT2D eigenvalue weighted by Gasteiger charge is 2.33. The maximum absolute atomic E-state index is 12.0. The first-order valence-electron chi connectivity index (χ1n) is 5.66. The Kier molecular flexibility index (Phi) is 4.73. The van der Waals surface area contributed by atoms with Crippen LogP contribution in [0.15, 0.2) is 0 Å². The molecule has 6 heteroatoms. The van der Waals surface area contributed by atoms with Gasteiger partial charge in [-0.05, 0) is 33.9 Å². The summed E-state index contributed by atoms with van der Waals surface area (Å²) >= 11 is 0. The molecule has 0 aromatic carbocycles. The summed E-state index contributed by atoms with van der Waals surface area (Å²) in [5, 5.41) is 8.26. The van der Waals surface area contributed by atoms with Crippen LogP contribution in [0.25, 0.3) is 0 Å². The summed E-state index contributed by atoms with van der Waals surface area (Å²) in [4.78, 5) is 2.06.